The van der Waals surface area contributed by atoms with Crippen molar-refractivity contribution >= 4 is 5.82 Å². The van der Waals surface area contributed by atoms with E-state index in [1.807, 2.05) is 7.05 Å². The number of aryl methyl sites for hydroxylation is 1. The monoisotopic (exact) mass is 412 g/mol. The van der Waals surface area contributed by atoms with Crippen molar-refractivity contribution in [3.8, 4) is 22.8 Å². The molecule has 0 amide bonds. The Morgan fingerprint density at radius 1 is 1.24 bits per heavy atom. The van der Waals surface area contributed by atoms with Crippen LogP contribution in [0.4, 0.5) is 19.0 Å². The Labute approximate surface area is 166 Å². The molecule has 2 aromatic rings. The maximum Gasteiger partial charge on any atom is 0.573 e. The van der Waals surface area contributed by atoms with Crippen LogP contribution in [0.15, 0.2) is 24.3 Å². The van der Waals surface area contributed by atoms with Crippen LogP contribution < -0.4 is 10.1 Å². The van der Waals surface area contributed by atoms with Crippen molar-refractivity contribution < 1.29 is 28.1 Å². The van der Waals surface area contributed by atoms with E-state index in [-0.39, 0.29) is 24.4 Å². The van der Waals surface area contributed by atoms with Crippen molar-refractivity contribution in [1.29, 1.82) is 0 Å². The summed E-state index contributed by atoms with van der Waals surface area (Å²) < 4.78 is 41.0. The lowest BCUT2D eigenvalue weighted by atomic mass is 9.99. The van der Waals surface area contributed by atoms with E-state index in [4.69, 9.17) is 0 Å². The third kappa shape index (κ3) is 5.27. The predicted molar refractivity (Wildman–Crippen MR) is 101 cm³/mol. The third-order valence-electron chi connectivity index (χ3n) is 4.99. The summed E-state index contributed by atoms with van der Waals surface area (Å²) in [6.07, 6.45) is -3.08. The van der Waals surface area contributed by atoms with Gasteiger partial charge < -0.3 is 20.3 Å². The summed E-state index contributed by atoms with van der Waals surface area (Å²) in [4.78, 5) is 2.09. The van der Waals surface area contributed by atoms with Crippen LogP contribution in [0.3, 0.4) is 0 Å². The highest BCUT2D eigenvalue weighted by Crippen LogP contribution is 2.36. The fourth-order valence-corrected chi connectivity index (χ4v) is 3.56. The lowest BCUT2D eigenvalue weighted by Gasteiger charge is -2.36. The minimum atomic E-state index is -4.84. The maximum absolute atomic E-state index is 12.4. The van der Waals surface area contributed by atoms with Crippen LogP contribution in [0.5, 0.6) is 11.5 Å². The second-order valence-electron chi connectivity index (χ2n) is 7.18. The number of hydrogen-bond donors (Lipinski definition) is 3. The molecule has 0 aliphatic carbocycles. The van der Waals surface area contributed by atoms with Crippen LogP contribution >= 0.6 is 0 Å². The van der Waals surface area contributed by atoms with E-state index >= 15 is 0 Å². The molecule has 0 radical (unpaired) electrons. The summed E-state index contributed by atoms with van der Waals surface area (Å²) in [5, 5.41) is 31.0. The van der Waals surface area contributed by atoms with Gasteiger partial charge in [0.1, 0.15) is 17.3 Å². The van der Waals surface area contributed by atoms with Gasteiger partial charge in [0.2, 0.25) is 0 Å². The van der Waals surface area contributed by atoms with Gasteiger partial charge in [0.25, 0.3) is 0 Å². The molecule has 158 valence electrons. The zero-order valence-electron chi connectivity index (χ0n) is 16.1. The summed E-state index contributed by atoms with van der Waals surface area (Å²) in [6, 6.07) is 5.77. The standard InChI is InChI=1S/C19H23F3N4O3/c1-11-7-14(29-19(20,21)22)8-16(28)18(11)15-5-6-17(25-24-15)23-12-3-4-13(10-27)26(2)9-12/h5-8,12-13,27-28H,3-4,9-10H2,1-2H3,(H,23,25)/t12-,13+/m0/s1. The average Bonchev–Trinajstić information content (AvgIpc) is 2.61. The van der Waals surface area contributed by atoms with Crippen molar-refractivity contribution in [2.24, 2.45) is 0 Å². The SMILES string of the molecule is Cc1cc(OC(F)(F)F)cc(O)c1-c1ccc(N[C@H]2CC[C@H](CO)N(C)C2)nn1. The van der Waals surface area contributed by atoms with Gasteiger partial charge in [-0.2, -0.15) is 0 Å². The Balaban J connectivity index is 1.72. The fraction of sp³-hybridized carbons (Fsp3) is 0.474. The number of aromatic nitrogens is 2. The van der Waals surface area contributed by atoms with Gasteiger partial charge in [-0.25, -0.2) is 0 Å². The van der Waals surface area contributed by atoms with Crippen LogP contribution in [-0.2, 0) is 0 Å². The summed E-state index contributed by atoms with van der Waals surface area (Å²) in [7, 11) is 1.96. The number of nitrogens with one attached hydrogen (secondary N) is 1. The first kappa shape index (κ1) is 21.1. The third-order valence-corrected chi connectivity index (χ3v) is 4.99. The first-order valence-electron chi connectivity index (χ1n) is 9.17. The molecule has 7 nitrogen and oxygen atoms in total. The number of halogens is 3. The molecule has 10 heteroatoms. The van der Waals surface area contributed by atoms with E-state index in [1.54, 1.807) is 19.1 Å². The van der Waals surface area contributed by atoms with Crippen LogP contribution in [0.2, 0.25) is 0 Å². The summed E-state index contributed by atoms with van der Waals surface area (Å²) in [5.74, 6) is -0.308. The number of aliphatic hydroxyl groups is 1. The predicted octanol–water partition coefficient (Wildman–Crippen LogP) is 2.92. The number of phenols is 1. The number of ether oxygens (including phenoxy) is 1. The van der Waals surface area contributed by atoms with Crippen molar-refractivity contribution in [1.82, 2.24) is 15.1 Å². The molecule has 0 unspecified atom stereocenters. The number of benzene rings is 1. The topological polar surface area (TPSA) is 90.7 Å². The summed E-state index contributed by atoms with van der Waals surface area (Å²) in [6.45, 7) is 2.45. The van der Waals surface area contributed by atoms with Gasteiger partial charge in [0.15, 0.2) is 0 Å². The molecule has 1 aliphatic rings. The Morgan fingerprint density at radius 2 is 2.00 bits per heavy atom. The molecule has 1 aromatic heterocycles. The number of alkyl halides is 3. The lowest BCUT2D eigenvalue weighted by molar-refractivity contribution is -0.274. The zero-order chi connectivity index (χ0) is 21.2. The molecule has 2 atom stereocenters. The number of aliphatic hydroxyl groups excluding tert-OH is 1. The minimum Gasteiger partial charge on any atom is -0.507 e. The molecule has 1 aliphatic heterocycles. The van der Waals surface area contributed by atoms with Gasteiger partial charge in [0, 0.05) is 30.3 Å². The van der Waals surface area contributed by atoms with Gasteiger partial charge in [-0.05, 0) is 50.6 Å². The molecule has 3 N–H and O–H groups in total. The molecule has 1 saturated heterocycles. The highest BCUT2D eigenvalue weighted by molar-refractivity contribution is 5.72. The number of phenolic OH excluding ortho intramolecular Hbond substituents is 1. The Morgan fingerprint density at radius 3 is 2.55 bits per heavy atom. The number of hydrogen-bond acceptors (Lipinski definition) is 7. The number of likely N-dealkylation sites (N-methyl/N-ethyl adjacent to an activating group) is 1. The van der Waals surface area contributed by atoms with E-state index in [0.717, 1.165) is 25.5 Å². The number of piperidine rings is 1. The van der Waals surface area contributed by atoms with Gasteiger partial charge in [-0.1, -0.05) is 0 Å². The number of likely N-dealkylation sites (tertiary alicyclic amines) is 1. The van der Waals surface area contributed by atoms with E-state index in [9.17, 15) is 23.4 Å². The Bertz CT molecular complexity index is 823. The van der Waals surface area contributed by atoms with Gasteiger partial charge in [-0.3, -0.25) is 4.90 Å². The van der Waals surface area contributed by atoms with Gasteiger partial charge in [-0.15, -0.1) is 23.4 Å². The molecule has 2 heterocycles. The molecular weight excluding hydrogens is 389 g/mol. The van der Waals surface area contributed by atoms with Crippen LogP contribution in [-0.4, -0.2) is 64.0 Å². The molecule has 29 heavy (non-hydrogen) atoms. The van der Waals surface area contributed by atoms with Gasteiger partial charge in [0.05, 0.1) is 12.3 Å². The van der Waals surface area contributed by atoms with E-state index < -0.39 is 12.1 Å². The zero-order valence-corrected chi connectivity index (χ0v) is 16.1. The minimum absolute atomic E-state index is 0.132. The van der Waals surface area contributed by atoms with E-state index in [2.05, 4.69) is 25.2 Å². The smallest absolute Gasteiger partial charge is 0.507 e. The Kier molecular flexibility index (Phi) is 6.13. The van der Waals surface area contributed by atoms with E-state index in [0.29, 0.717) is 22.6 Å². The van der Waals surface area contributed by atoms with Gasteiger partial charge >= 0.3 is 6.36 Å². The number of nitrogens with zero attached hydrogens (tertiary/aromatic N) is 3. The lowest BCUT2D eigenvalue weighted by Crippen LogP contribution is -2.47. The quantitative estimate of drug-likeness (QED) is 0.696. The molecule has 1 fully saturated rings. The van der Waals surface area contributed by atoms with Crippen LogP contribution in [0.1, 0.15) is 18.4 Å². The highest BCUT2D eigenvalue weighted by atomic mass is 19.4. The average molecular weight is 412 g/mol. The fourth-order valence-electron chi connectivity index (χ4n) is 3.56. The maximum atomic E-state index is 12.4. The molecular formula is C19H23F3N4O3. The van der Waals surface area contributed by atoms with Crippen molar-refractivity contribution in [3.63, 3.8) is 0 Å². The number of aromatic hydroxyl groups is 1. The second kappa shape index (κ2) is 8.42. The molecule has 0 saturated carbocycles. The van der Waals surface area contributed by atoms with E-state index in [1.165, 1.54) is 6.07 Å². The highest BCUT2D eigenvalue weighted by Gasteiger charge is 2.31. The Hall–Kier alpha value is -2.59. The van der Waals surface area contributed by atoms with Crippen LogP contribution in [0, 0.1) is 6.92 Å². The number of rotatable bonds is 5. The summed E-state index contributed by atoms with van der Waals surface area (Å²) >= 11 is 0. The first-order chi connectivity index (χ1) is 13.7. The summed E-state index contributed by atoms with van der Waals surface area (Å²) in [5.41, 5.74) is 1.01. The normalized spacial score (nSPS) is 20.5. The van der Waals surface area contributed by atoms with Crippen molar-refractivity contribution in [3.05, 3.63) is 29.8 Å². The van der Waals surface area contributed by atoms with Crippen LogP contribution in [0.25, 0.3) is 11.3 Å². The van der Waals surface area contributed by atoms with Crippen molar-refractivity contribution in [2.75, 3.05) is 25.5 Å². The number of anilines is 1. The molecule has 3 rings (SSSR count). The first-order valence-corrected chi connectivity index (χ1v) is 9.17. The molecule has 0 bridgehead atoms. The molecule has 0 spiro atoms. The molecule has 1 aromatic carbocycles. The van der Waals surface area contributed by atoms with Crippen molar-refractivity contribution in [2.45, 2.75) is 38.2 Å². The largest absolute Gasteiger partial charge is 0.573 e. The second-order valence-corrected chi connectivity index (χ2v) is 7.18.